The summed E-state index contributed by atoms with van der Waals surface area (Å²) in [6.45, 7) is 0. The largest absolute Gasteiger partial charge is 0.463 e. The fourth-order valence-electron chi connectivity index (χ4n) is 2.88. The second kappa shape index (κ2) is 5.86. The lowest BCUT2D eigenvalue weighted by Crippen LogP contribution is -2.50. The highest BCUT2D eigenvalue weighted by Crippen LogP contribution is 2.26. The van der Waals surface area contributed by atoms with E-state index in [1.54, 1.807) is 23.1 Å². The van der Waals surface area contributed by atoms with Gasteiger partial charge >= 0.3 is 0 Å². The number of nitrogens with two attached hydrogens (primary N) is 1. The minimum Gasteiger partial charge on any atom is -0.463 e. The van der Waals surface area contributed by atoms with Crippen LogP contribution in [0.3, 0.4) is 0 Å². The van der Waals surface area contributed by atoms with E-state index in [2.05, 4.69) is 15.7 Å². The molecule has 7 nitrogen and oxygen atoms in total. The minimum atomic E-state index is -0.514. The number of anilines is 1. The second-order valence-electron chi connectivity index (χ2n) is 5.68. The molecule has 24 heavy (non-hydrogen) atoms. The monoisotopic (exact) mass is 323 g/mol. The first kappa shape index (κ1) is 14.5. The Morgan fingerprint density at radius 1 is 1.21 bits per heavy atom. The number of hydrogen-bond acceptors (Lipinski definition) is 5. The molecule has 1 aliphatic rings. The number of nitrogens with one attached hydrogen (secondary N) is 2. The van der Waals surface area contributed by atoms with Gasteiger partial charge in [0, 0.05) is 18.5 Å². The van der Waals surface area contributed by atoms with Crippen LogP contribution in [-0.2, 0) is 4.79 Å². The molecule has 4 rings (SSSR count). The third kappa shape index (κ3) is 2.65. The highest BCUT2D eigenvalue weighted by atomic mass is 16.3. The summed E-state index contributed by atoms with van der Waals surface area (Å²) in [7, 11) is 0. The first-order chi connectivity index (χ1) is 11.7. The van der Waals surface area contributed by atoms with E-state index >= 15 is 0 Å². The standard InChI is InChI=1S/C17H17N5O2/c18-15-9-13(14-7-4-8-24-14)21-22(15)17-19-12(10-16(23)20-17)11-5-2-1-3-6-11/h1-9,12,17,19H,10,18H2,(H,20,23). The Morgan fingerprint density at radius 2 is 2.04 bits per heavy atom. The van der Waals surface area contributed by atoms with Crippen molar-refractivity contribution in [1.29, 1.82) is 0 Å². The highest BCUT2D eigenvalue weighted by Gasteiger charge is 2.29. The molecule has 7 heteroatoms. The lowest BCUT2D eigenvalue weighted by atomic mass is 10.0. The molecule has 122 valence electrons. The number of benzene rings is 1. The Balaban J connectivity index is 1.63. The summed E-state index contributed by atoms with van der Waals surface area (Å²) >= 11 is 0. The minimum absolute atomic E-state index is 0.0537. The molecule has 1 aliphatic heterocycles. The van der Waals surface area contributed by atoms with Gasteiger partial charge in [-0.2, -0.15) is 5.10 Å². The number of aromatic nitrogens is 2. The summed E-state index contributed by atoms with van der Waals surface area (Å²) < 4.78 is 6.91. The molecule has 0 saturated carbocycles. The van der Waals surface area contributed by atoms with Crippen molar-refractivity contribution in [3.63, 3.8) is 0 Å². The van der Waals surface area contributed by atoms with Crippen molar-refractivity contribution in [3.05, 3.63) is 60.4 Å². The van der Waals surface area contributed by atoms with Crippen LogP contribution >= 0.6 is 0 Å². The molecule has 0 radical (unpaired) electrons. The van der Waals surface area contributed by atoms with Crippen LogP contribution in [0.5, 0.6) is 0 Å². The quantitative estimate of drug-likeness (QED) is 0.685. The molecular formula is C17H17N5O2. The lowest BCUT2D eigenvalue weighted by molar-refractivity contribution is -0.125. The van der Waals surface area contributed by atoms with Crippen molar-refractivity contribution >= 4 is 11.7 Å². The molecule has 1 fully saturated rings. The van der Waals surface area contributed by atoms with Gasteiger partial charge < -0.3 is 15.5 Å². The summed E-state index contributed by atoms with van der Waals surface area (Å²) in [4.78, 5) is 12.1. The van der Waals surface area contributed by atoms with E-state index in [9.17, 15) is 4.79 Å². The Hall–Kier alpha value is -3.06. The summed E-state index contributed by atoms with van der Waals surface area (Å²) in [6, 6.07) is 15.1. The third-order valence-corrected chi connectivity index (χ3v) is 4.03. The molecule has 3 aromatic rings. The van der Waals surface area contributed by atoms with Crippen LogP contribution in [0.2, 0.25) is 0 Å². The van der Waals surface area contributed by atoms with Gasteiger partial charge in [0.15, 0.2) is 12.0 Å². The van der Waals surface area contributed by atoms with Gasteiger partial charge in [-0.3, -0.25) is 10.1 Å². The summed E-state index contributed by atoms with van der Waals surface area (Å²) in [5.41, 5.74) is 7.75. The van der Waals surface area contributed by atoms with E-state index in [0.717, 1.165) is 5.56 Å². The molecule has 0 aliphatic carbocycles. The van der Waals surface area contributed by atoms with Gasteiger partial charge in [0.1, 0.15) is 11.5 Å². The highest BCUT2D eigenvalue weighted by molar-refractivity contribution is 5.77. The average molecular weight is 323 g/mol. The predicted octanol–water partition coefficient (Wildman–Crippen LogP) is 2.03. The maximum Gasteiger partial charge on any atom is 0.224 e. The van der Waals surface area contributed by atoms with Crippen LogP contribution < -0.4 is 16.4 Å². The van der Waals surface area contributed by atoms with E-state index in [0.29, 0.717) is 23.7 Å². The number of rotatable bonds is 3. The SMILES string of the molecule is Nc1cc(-c2ccco2)nn1C1NC(=O)CC(c2ccccc2)N1. The Morgan fingerprint density at radius 3 is 2.79 bits per heavy atom. The Kier molecular flexibility index (Phi) is 3.55. The number of carbonyl (C=O) groups excluding carboxylic acids is 1. The van der Waals surface area contributed by atoms with Gasteiger partial charge in [0.05, 0.1) is 6.26 Å². The van der Waals surface area contributed by atoms with Crippen molar-refractivity contribution in [2.24, 2.45) is 0 Å². The summed E-state index contributed by atoms with van der Waals surface area (Å²) in [5, 5.41) is 10.7. The van der Waals surface area contributed by atoms with Gasteiger partial charge in [-0.25, -0.2) is 4.68 Å². The average Bonchev–Trinajstić information content (AvgIpc) is 3.24. The van der Waals surface area contributed by atoms with Crippen molar-refractivity contribution in [3.8, 4) is 11.5 Å². The van der Waals surface area contributed by atoms with Crippen molar-refractivity contribution in [2.45, 2.75) is 18.8 Å². The number of furan rings is 1. The van der Waals surface area contributed by atoms with E-state index in [1.807, 2.05) is 36.4 Å². The molecule has 0 spiro atoms. The first-order valence-corrected chi connectivity index (χ1v) is 7.70. The number of carbonyl (C=O) groups is 1. The summed E-state index contributed by atoms with van der Waals surface area (Å²) in [5.74, 6) is 1.01. The third-order valence-electron chi connectivity index (χ3n) is 4.03. The van der Waals surface area contributed by atoms with Gasteiger partial charge in [0.2, 0.25) is 5.91 Å². The molecular weight excluding hydrogens is 306 g/mol. The molecule has 4 N–H and O–H groups in total. The molecule has 3 heterocycles. The van der Waals surface area contributed by atoms with Gasteiger partial charge in [-0.05, 0) is 17.7 Å². The van der Waals surface area contributed by atoms with Gasteiger partial charge in [0.25, 0.3) is 0 Å². The fourth-order valence-corrected chi connectivity index (χ4v) is 2.88. The second-order valence-corrected chi connectivity index (χ2v) is 5.68. The van der Waals surface area contributed by atoms with E-state index < -0.39 is 6.29 Å². The number of amides is 1. The van der Waals surface area contributed by atoms with Crippen LogP contribution in [0, 0.1) is 0 Å². The zero-order valence-corrected chi connectivity index (χ0v) is 12.8. The van der Waals surface area contributed by atoms with E-state index in [-0.39, 0.29) is 11.9 Å². The molecule has 1 saturated heterocycles. The summed E-state index contributed by atoms with van der Waals surface area (Å²) in [6.07, 6.45) is 1.43. The number of hydrogen-bond donors (Lipinski definition) is 3. The molecule has 1 aromatic carbocycles. The number of nitrogens with zero attached hydrogens (tertiary/aromatic N) is 2. The van der Waals surface area contributed by atoms with E-state index in [4.69, 9.17) is 10.2 Å². The zero-order chi connectivity index (χ0) is 16.5. The fraction of sp³-hybridized carbons (Fsp3) is 0.176. The van der Waals surface area contributed by atoms with Crippen LogP contribution in [0.15, 0.2) is 59.2 Å². The predicted molar refractivity (Wildman–Crippen MR) is 88.5 cm³/mol. The maximum absolute atomic E-state index is 12.1. The topological polar surface area (TPSA) is 98.1 Å². The number of nitrogen functional groups attached to an aromatic ring is 1. The normalized spacial score (nSPS) is 20.8. The molecule has 0 bridgehead atoms. The van der Waals surface area contributed by atoms with Crippen molar-refractivity contribution < 1.29 is 9.21 Å². The maximum atomic E-state index is 12.1. The van der Waals surface area contributed by atoms with Crippen LogP contribution in [0.4, 0.5) is 5.82 Å². The van der Waals surface area contributed by atoms with Gasteiger partial charge in [-0.1, -0.05) is 30.3 Å². The smallest absolute Gasteiger partial charge is 0.224 e. The molecule has 1 amide bonds. The van der Waals surface area contributed by atoms with Crippen LogP contribution in [-0.4, -0.2) is 15.7 Å². The van der Waals surface area contributed by atoms with Crippen LogP contribution in [0.25, 0.3) is 11.5 Å². The van der Waals surface area contributed by atoms with Crippen LogP contribution in [0.1, 0.15) is 24.3 Å². The molecule has 2 aromatic heterocycles. The lowest BCUT2D eigenvalue weighted by Gasteiger charge is -2.32. The van der Waals surface area contributed by atoms with Gasteiger partial charge in [-0.15, -0.1) is 0 Å². The molecule has 2 unspecified atom stereocenters. The van der Waals surface area contributed by atoms with Crippen molar-refractivity contribution in [2.75, 3.05) is 5.73 Å². The van der Waals surface area contributed by atoms with E-state index in [1.165, 1.54) is 0 Å². The first-order valence-electron chi connectivity index (χ1n) is 7.70. The zero-order valence-electron chi connectivity index (χ0n) is 12.8. The Labute approximate surface area is 138 Å². The Bertz CT molecular complexity index is 841. The van der Waals surface area contributed by atoms with Crippen molar-refractivity contribution in [1.82, 2.24) is 20.4 Å². The molecule has 2 atom stereocenters.